The van der Waals surface area contributed by atoms with Crippen LogP contribution >= 0.6 is 22.7 Å². The van der Waals surface area contributed by atoms with Gasteiger partial charge in [-0.2, -0.15) is 0 Å². The third kappa shape index (κ3) is 3.98. The lowest BCUT2D eigenvalue weighted by molar-refractivity contribution is 0.0959. The number of thiophene rings is 2. The summed E-state index contributed by atoms with van der Waals surface area (Å²) in [4.78, 5) is 14.3. The number of anilines is 1. The van der Waals surface area contributed by atoms with Gasteiger partial charge in [0.25, 0.3) is 15.9 Å². The van der Waals surface area contributed by atoms with E-state index >= 15 is 0 Å². The average molecular weight is 407 g/mol. The number of nitrogens with zero attached hydrogens (tertiary/aromatic N) is 1. The normalized spacial score (nSPS) is 11.3. The Bertz CT molecular complexity index is 964. The van der Waals surface area contributed by atoms with Gasteiger partial charge in [0.1, 0.15) is 4.88 Å². The lowest BCUT2D eigenvalue weighted by Gasteiger charge is -2.19. The van der Waals surface area contributed by atoms with E-state index in [-0.39, 0.29) is 10.8 Å². The summed E-state index contributed by atoms with van der Waals surface area (Å²) in [6.07, 6.45) is 0.752. The maximum Gasteiger partial charge on any atom is 0.264 e. The van der Waals surface area contributed by atoms with E-state index in [4.69, 9.17) is 0 Å². The zero-order valence-corrected chi connectivity index (χ0v) is 16.5. The van der Waals surface area contributed by atoms with Crippen LogP contribution < -0.4 is 9.62 Å². The zero-order chi connectivity index (χ0) is 18.6. The number of rotatable bonds is 7. The molecule has 0 saturated heterocycles. The fraction of sp³-hybridized carbons (Fsp3) is 0.167. The second kappa shape index (κ2) is 8.03. The molecule has 1 aromatic carbocycles. The van der Waals surface area contributed by atoms with Crippen LogP contribution in [0.15, 0.2) is 64.2 Å². The van der Waals surface area contributed by atoms with Gasteiger partial charge >= 0.3 is 0 Å². The van der Waals surface area contributed by atoms with E-state index in [1.54, 1.807) is 53.1 Å². The largest absolute Gasteiger partial charge is 0.351 e. The van der Waals surface area contributed by atoms with Crippen molar-refractivity contribution in [2.45, 2.75) is 11.3 Å². The first-order chi connectivity index (χ1) is 12.5. The Morgan fingerprint density at radius 2 is 1.81 bits per heavy atom. The zero-order valence-electron chi connectivity index (χ0n) is 14.1. The SMILES string of the molecule is CN(c1ccsc1C(=O)NCCc1cccs1)S(=O)(=O)c1ccccc1. The lowest BCUT2D eigenvalue weighted by atomic mass is 10.3. The molecule has 1 amide bonds. The molecule has 0 aliphatic heterocycles. The molecular formula is C18H18N2O3S3. The van der Waals surface area contributed by atoms with Gasteiger partial charge in [0, 0.05) is 18.5 Å². The Balaban J connectivity index is 1.74. The molecule has 2 aromatic heterocycles. The molecule has 0 spiro atoms. The van der Waals surface area contributed by atoms with E-state index in [0.29, 0.717) is 17.1 Å². The van der Waals surface area contributed by atoms with Crippen LogP contribution in [-0.4, -0.2) is 27.9 Å². The summed E-state index contributed by atoms with van der Waals surface area (Å²) in [6.45, 7) is 0.506. The van der Waals surface area contributed by atoms with Crippen LogP contribution in [0.1, 0.15) is 14.5 Å². The Labute approximate surface area is 161 Å². The number of carbonyl (C=O) groups excluding carboxylic acids is 1. The van der Waals surface area contributed by atoms with Gasteiger partial charge in [0.2, 0.25) is 0 Å². The van der Waals surface area contributed by atoms with Crippen molar-refractivity contribution in [3.8, 4) is 0 Å². The molecule has 3 aromatic rings. The summed E-state index contributed by atoms with van der Waals surface area (Å²) in [5.74, 6) is -0.262. The lowest BCUT2D eigenvalue weighted by Crippen LogP contribution is -2.30. The number of hydrogen-bond donors (Lipinski definition) is 1. The number of carbonyl (C=O) groups is 1. The summed E-state index contributed by atoms with van der Waals surface area (Å²) < 4.78 is 26.7. The molecule has 0 saturated carbocycles. The van der Waals surface area contributed by atoms with Crippen molar-refractivity contribution in [1.82, 2.24) is 5.32 Å². The van der Waals surface area contributed by atoms with Crippen LogP contribution in [0.25, 0.3) is 0 Å². The summed E-state index contributed by atoms with van der Waals surface area (Å²) >= 11 is 2.87. The van der Waals surface area contributed by atoms with E-state index in [2.05, 4.69) is 5.32 Å². The molecule has 5 nitrogen and oxygen atoms in total. The highest BCUT2D eigenvalue weighted by Gasteiger charge is 2.25. The van der Waals surface area contributed by atoms with Gasteiger partial charge in [-0.1, -0.05) is 24.3 Å². The minimum absolute atomic E-state index is 0.192. The minimum atomic E-state index is -3.71. The molecule has 0 radical (unpaired) electrons. The topological polar surface area (TPSA) is 66.5 Å². The smallest absolute Gasteiger partial charge is 0.264 e. The summed E-state index contributed by atoms with van der Waals surface area (Å²) in [5, 5.41) is 6.59. The minimum Gasteiger partial charge on any atom is -0.351 e. The van der Waals surface area contributed by atoms with Crippen molar-refractivity contribution in [2.75, 3.05) is 17.9 Å². The van der Waals surface area contributed by atoms with E-state index in [9.17, 15) is 13.2 Å². The molecule has 0 fully saturated rings. The van der Waals surface area contributed by atoms with Crippen LogP contribution in [0.2, 0.25) is 0 Å². The van der Waals surface area contributed by atoms with Crippen LogP contribution in [-0.2, 0) is 16.4 Å². The van der Waals surface area contributed by atoms with E-state index in [1.165, 1.54) is 23.3 Å². The molecule has 2 heterocycles. The first-order valence-electron chi connectivity index (χ1n) is 7.92. The van der Waals surface area contributed by atoms with E-state index < -0.39 is 10.0 Å². The Morgan fingerprint density at radius 3 is 2.50 bits per heavy atom. The Morgan fingerprint density at radius 1 is 1.04 bits per heavy atom. The highest BCUT2D eigenvalue weighted by molar-refractivity contribution is 7.92. The van der Waals surface area contributed by atoms with Crippen LogP contribution in [0.3, 0.4) is 0 Å². The molecule has 0 unspecified atom stereocenters. The van der Waals surface area contributed by atoms with Gasteiger partial charge in [0.05, 0.1) is 10.6 Å². The number of hydrogen-bond acceptors (Lipinski definition) is 5. The van der Waals surface area contributed by atoms with Crippen molar-refractivity contribution in [2.24, 2.45) is 0 Å². The fourth-order valence-corrected chi connectivity index (χ4v) is 5.27. The number of amides is 1. The molecule has 0 atom stereocenters. The average Bonchev–Trinajstić information content (AvgIpc) is 3.33. The maximum atomic E-state index is 12.8. The Kier molecular flexibility index (Phi) is 5.75. The second-order valence-corrected chi connectivity index (χ2v) is 9.42. The van der Waals surface area contributed by atoms with Crippen molar-refractivity contribution in [1.29, 1.82) is 0 Å². The van der Waals surface area contributed by atoms with Gasteiger partial charge < -0.3 is 5.32 Å². The number of sulfonamides is 1. The summed E-state index contributed by atoms with van der Waals surface area (Å²) in [7, 11) is -2.25. The van der Waals surface area contributed by atoms with Gasteiger partial charge in [-0.3, -0.25) is 9.10 Å². The third-order valence-electron chi connectivity index (χ3n) is 3.83. The highest BCUT2D eigenvalue weighted by Crippen LogP contribution is 2.29. The van der Waals surface area contributed by atoms with E-state index in [1.807, 2.05) is 17.5 Å². The number of benzene rings is 1. The third-order valence-corrected chi connectivity index (χ3v) is 7.45. The first kappa shape index (κ1) is 18.6. The van der Waals surface area contributed by atoms with Gasteiger partial charge in [-0.25, -0.2) is 8.42 Å². The fourth-order valence-electron chi connectivity index (χ4n) is 2.43. The summed E-state index contributed by atoms with van der Waals surface area (Å²) in [5.41, 5.74) is 0.382. The monoisotopic (exact) mass is 406 g/mol. The predicted octanol–water partition coefficient (Wildman–Crippen LogP) is 3.61. The van der Waals surface area contributed by atoms with Crippen LogP contribution in [0.4, 0.5) is 5.69 Å². The molecule has 0 aliphatic carbocycles. The van der Waals surface area contributed by atoms with Crippen molar-refractivity contribution in [3.05, 3.63) is 69.0 Å². The standard InChI is InChI=1S/C18H18N2O3S3/c1-20(26(22,23)15-7-3-2-4-8-15)16-10-13-25-17(16)18(21)19-11-9-14-6-5-12-24-14/h2-8,10,12-13H,9,11H2,1H3,(H,19,21). The molecule has 26 heavy (non-hydrogen) atoms. The summed E-state index contributed by atoms with van der Waals surface area (Å²) in [6, 6.07) is 13.8. The van der Waals surface area contributed by atoms with Crippen molar-refractivity contribution >= 4 is 44.3 Å². The van der Waals surface area contributed by atoms with Crippen molar-refractivity contribution < 1.29 is 13.2 Å². The van der Waals surface area contributed by atoms with Gasteiger partial charge in [0.15, 0.2) is 0 Å². The second-order valence-electron chi connectivity index (χ2n) is 5.51. The number of nitrogens with one attached hydrogen (secondary N) is 1. The maximum absolute atomic E-state index is 12.8. The molecule has 0 bridgehead atoms. The Hall–Kier alpha value is -2.16. The molecular weight excluding hydrogens is 388 g/mol. The van der Waals surface area contributed by atoms with Crippen molar-refractivity contribution in [3.63, 3.8) is 0 Å². The first-order valence-corrected chi connectivity index (χ1v) is 11.1. The van der Waals surface area contributed by atoms with Crippen LogP contribution in [0, 0.1) is 0 Å². The molecule has 8 heteroatoms. The molecule has 0 aliphatic rings. The molecule has 3 rings (SSSR count). The molecule has 1 N–H and O–H groups in total. The quantitative estimate of drug-likeness (QED) is 0.652. The molecule has 136 valence electrons. The predicted molar refractivity (Wildman–Crippen MR) is 107 cm³/mol. The van der Waals surface area contributed by atoms with Gasteiger partial charge in [-0.15, -0.1) is 22.7 Å². The van der Waals surface area contributed by atoms with Gasteiger partial charge in [-0.05, 0) is 41.4 Å². The van der Waals surface area contributed by atoms with Crippen LogP contribution in [0.5, 0.6) is 0 Å². The van der Waals surface area contributed by atoms with E-state index in [0.717, 1.165) is 10.7 Å². The highest BCUT2D eigenvalue weighted by atomic mass is 32.2.